The third kappa shape index (κ3) is 8.26. The van der Waals surface area contributed by atoms with E-state index in [4.69, 9.17) is 15.2 Å². The number of carbonyl (C=O) groups excluding carboxylic acids is 4. The zero-order valence-electron chi connectivity index (χ0n) is 24.0. The predicted molar refractivity (Wildman–Crippen MR) is 171 cm³/mol. The summed E-state index contributed by atoms with van der Waals surface area (Å²) in [6.45, 7) is 0. The van der Waals surface area contributed by atoms with Gasteiger partial charge in [-0.2, -0.15) is 0 Å². The molecule has 0 bridgehead atoms. The molecule has 224 valence electrons. The third-order valence-electron chi connectivity index (χ3n) is 6.19. The number of anilines is 2. The van der Waals surface area contributed by atoms with Crippen molar-refractivity contribution in [2.75, 3.05) is 30.6 Å². The summed E-state index contributed by atoms with van der Waals surface area (Å²) in [5.41, 5.74) is 7.23. The van der Waals surface area contributed by atoms with Gasteiger partial charge in [-0.15, -0.1) is 11.8 Å². The fourth-order valence-electron chi connectivity index (χ4n) is 4.13. The topological polar surface area (TPSA) is 149 Å². The molecular formula is C33H30N4O6S. The van der Waals surface area contributed by atoms with Crippen LogP contribution in [0, 0.1) is 0 Å². The molecule has 4 aromatic rings. The second-order valence-electron chi connectivity index (χ2n) is 9.19. The van der Waals surface area contributed by atoms with Crippen molar-refractivity contribution >= 4 is 52.8 Å². The Balaban J connectivity index is 1.51. The van der Waals surface area contributed by atoms with E-state index in [1.165, 1.54) is 38.1 Å². The maximum absolute atomic E-state index is 13.5. The van der Waals surface area contributed by atoms with E-state index in [0.29, 0.717) is 38.9 Å². The number of hydrogen-bond acceptors (Lipinski definition) is 7. The summed E-state index contributed by atoms with van der Waals surface area (Å²) in [7, 11) is 2.99. The molecule has 0 unspecified atom stereocenters. The lowest BCUT2D eigenvalue weighted by molar-refractivity contribution is -0.114. The van der Waals surface area contributed by atoms with Crippen LogP contribution in [0.5, 0.6) is 11.5 Å². The summed E-state index contributed by atoms with van der Waals surface area (Å²) >= 11 is 1.24. The van der Waals surface area contributed by atoms with Crippen LogP contribution >= 0.6 is 11.8 Å². The fraction of sp³-hybridized carbons (Fsp3) is 0.0909. The number of benzene rings is 4. The Morgan fingerprint density at radius 1 is 0.818 bits per heavy atom. The molecule has 4 amide bonds. The number of nitrogens with one attached hydrogen (secondary N) is 3. The molecule has 0 radical (unpaired) electrons. The Hall–Kier alpha value is -5.55. The summed E-state index contributed by atoms with van der Waals surface area (Å²) in [5, 5.41) is 8.22. The molecule has 5 N–H and O–H groups in total. The monoisotopic (exact) mass is 610 g/mol. The van der Waals surface area contributed by atoms with Crippen LogP contribution in [0.2, 0.25) is 0 Å². The van der Waals surface area contributed by atoms with Crippen LogP contribution in [-0.4, -0.2) is 43.6 Å². The highest BCUT2D eigenvalue weighted by atomic mass is 32.2. The first-order chi connectivity index (χ1) is 21.3. The van der Waals surface area contributed by atoms with Crippen LogP contribution in [0.3, 0.4) is 0 Å². The maximum Gasteiger partial charge on any atom is 0.272 e. The van der Waals surface area contributed by atoms with E-state index in [-0.39, 0.29) is 22.9 Å². The normalized spacial score (nSPS) is 10.8. The van der Waals surface area contributed by atoms with Gasteiger partial charge in [-0.1, -0.05) is 48.5 Å². The Labute approximate surface area is 258 Å². The van der Waals surface area contributed by atoms with Gasteiger partial charge in [0.1, 0.15) is 5.70 Å². The number of methoxy groups -OCH3 is 2. The van der Waals surface area contributed by atoms with Crippen LogP contribution in [0.1, 0.15) is 26.3 Å². The van der Waals surface area contributed by atoms with Crippen LogP contribution < -0.4 is 31.2 Å². The lowest BCUT2D eigenvalue weighted by Gasteiger charge is -2.14. The molecule has 0 spiro atoms. The van der Waals surface area contributed by atoms with Gasteiger partial charge in [0.15, 0.2) is 11.5 Å². The van der Waals surface area contributed by atoms with Crippen molar-refractivity contribution < 1.29 is 28.7 Å². The van der Waals surface area contributed by atoms with E-state index in [1.807, 2.05) is 0 Å². The van der Waals surface area contributed by atoms with Crippen molar-refractivity contribution in [1.29, 1.82) is 0 Å². The van der Waals surface area contributed by atoms with E-state index in [2.05, 4.69) is 16.0 Å². The highest BCUT2D eigenvalue weighted by Crippen LogP contribution is 2.32. The number of ether oxygens (including phenoxy) is 2. The molecule has 0 aromatic heterocycles. The van der Waals surface area contributed by atoms with Crippen molar-refractivity contribution in [3.05, 3.63) is 119 Å². The van der Waals surface area contributed by atoms with E-state index in [1.54, 1.807) is 91.0 Å². The van der Waals surface area contributed by atoms with E-state index in [9.17, 15) is 19.2 Å². The van der Waals surface area contributed by atoms with Crippen LogP contribution in [0.25, 0.3) is 6.08 Å². The molecule has 0 aliphatic rings. The van der Waals surface area contributed by atoms with Crippen molar-refractivity contribution in [3.8, 4) is 11.5 Å². The molecule has 0 saturated heterocycles. The summed E-state index contributed by atoms with van der Waals surface area (Å²) in [6, 6.07) is 27.1. The maximum atomic E-state index is 13.5. The zero-order chi connectivity index (χ0) is 31.5. The van der Waals surface area contributed by atoms with Gasteiger partial charge in [-0.05, 0) is 54.6 Å². The zero-order valence-corrected chi connectivity index (χ0v) is 24.8. The molecular weight excluding hydrogens is 580 g/mol. The smallest absolute Gasteiger partial charge is 0.272 e. The predicted octanol–water partition coefficient (Wildman–Crippen LogP) is 4.94. The fourth-order valence-corrected chi connectivity index (χ4v) is 4.88. The number of hydrogen-bond donors (Lipinski definition) is 4. The number of thioether (sulfide) groups is 1. The van der Waals surface area contributed by atoms with Gasteiger partial charge >= 0.3 is 0 Å². The van der Waals surface area contributed by atoms with Gasteiger partial charge in [-0.3, -0.25) is 19.2 Å². The number of carbonyl (C=O) groups is 4. The molecule has 44 heavy (non-hydrogen) atoms. The lowest BCUT2D eigenvalue weighted by Crippen LogP contribution is -2.30. The second kappa shape index (κ2) is 15.1. The van der Waals surface area contributed by atoms with Crippen LogP contribution in [-0.2, 0) is 9.59 Å². The van der Waals surface area contributed by atoms with Gasteiger partial charge in [0.2, 0.25) is 5.91 Å². The van der Waals surface area contributed by atoms with Gasteiger partial charge < -0.3 is 31.2 Å². The molecule has 0 saturated carbocycles. The molecule has 0 aliphatic carbocycles. The number of primary amides is 1. The van der Waals surface area contributed by atoms with Crippen molar-refractivity contribution in [1.82, 2.24) is 5.32 Å². The molecule has 0 fully saturated rings. The Morgan fingerprint density at radius 2 is 1.55 bits per heavy atom. The van der Waals surface area contributed by atoms with E-state index >= 15 is 0 Å². The number of rotatable bonds is 12. The summed E-state index contributed by atoms with van der Waals surface area (Å²) in [5.74, 6) is -1.14. The highest BCUT2D eigenvalue weighted by Gasteiger charge is 2.18. The van der Waals surface area contributed by atoms with Crippen LogP contribution in [0.15, 0.2) is 108 Å². The first-order valence-electron chi connectivity index (χ1n) is 13.3. The number of nitrogens with two attached hydrogens (primary N) is 1. The molecule has 0 aliphatic heterocycles. The number of amides is 4. The lowest BCUT2D eigenvalue weighted by atomic mass is 10.1. The van der Waals surface area contributed by atoms with Gasteiger partial charge in [0.25, 0.3) is 17.7 Å². The average Bonchev–Trinajstić information content (AvgIpc) is 3.04. The minimum atomic E-state index is -0.643. The average molecular weight is 611 g/mol. The van der Waals surface area contributed by atoms with Crippen LogP contribution in [0.4, 0.5) is 11.4 Å². The summed E-state index contributed by atoms with van der Waals surface area (Å²) in [4.78, 5) is 51.5. The molecule has 4 aromatic carbocycles. The highest BCUT2D eigenvalue weighted by molar-refractivity contribution is 8.00. The third-order valence-corrected chi connectivity index (χ3v) is 7.18. The molecule has 11 heteroatoms. The van der Waals surface area contributed by atoms with Gasteiger partial charge in [-0.25, -0.2) is 0 Å². The summed E-state index contributed by atoms with van der Waals surface area (Å²) < 4.78 is 10.9. The quantitative estimate of drug-likeness (QED) is 0.131. The summed E-state index contributed by atoms with van der Waals surface area (Å²) in [6.07, 6.45) is 1.50. The molecule has 4 rings (SSSR count). The van der Waals surface area contributed by atoms with Gasteiger partial charge in [0, 0.05) is 21.7 Å². The molecule has 0 atom stereocenters. The Morgan fingerprint density at radius 3 is 2.27 bits per heavy atom. The number of para-hydroxylation sites is 2. The van der Waals surface area contributed by atoms with E-state index in [0.717, 1.165) is 0 Å². The van der Waals surface area contributed by atoms with Crippen molar-refractivity contribution in [2.45, 2.75) is 4.90 Å². The van der Waals surface area contributed by atoms with Crippen molar-refractivity contribution in [2.24, 2.45) is 5.73 Å². The molecule has 0 heterocycles. The molecule has 10 nitrogen and oxygen atoms in total. The van der Waals surface area contributed by atoms with E-state index < -0.39 is 17.7 Å². The first-order valence-corrected chi connectivity index (χ1v) is 14.3. The standard InChI is InChI=1S/C33H30N4O6S/c1-42-28-17-8-12-22(30(28)43-2)18-27(37-32(40)21-10-4-3-5-11-21)33(41)35-23-13-9-14-24(19-23)44-20-29(38)36-26-16-7-6-15-25(26)31(34)39/h3-19H,20H2,1-2H3,(H2,34,39)(H,35,41)(H,36,38)(H,37,40)/b27-18+. The second-order valence-corrected chi connectivity index (χ2v) is 10.2. The first kappa shape index (κ1) is 31.4. The van der Waals surface area contributed by atoms with Gasteiger partial charge in [0.05, 0.1) is 31.2 Å². The Bertz CT molecular complexity index is 1710. The Kier molecular flexibility index (Phi) is 10.8. The minimum Gasteiger partial charge on any atom is -0.493 e. The largest absolute Gasteiger partial charge is 0.493 e. The SMILES string of the molecule is COc1cccc(/C=C(/NC(=O)c2ccccc2)C(=O)Nc2cccc(SCC(=O)Nc3ccccc3C(N)=O)c2)c1OC. The minimum absolute atomic E-state index is 0.0315. The van der Waals surface area contributed by atoms with Crippen molar-refractivity contribution in [3.63, 3.8) is 0 Å².